The van der Waals surface area contributed by atoms with Gasteiger partial charge in [0.2, 0.25) is 0 Å². The van der Waals surface area contributed by atoms with Crippen molar-refractivity contribution in [1.82, 2.24) is 10.3 Å². The van der Waals surface area contributed by atoms with Crippen LogP contribution in [0, 0.1) is 5.82 Å². The second kappa shape index (κ2) is 6.32. The number of pyridine rings is 1. The van der Waals surface area contributed by atoms with Crippen molar-refractivity contribution in [3.05, 3.63) is 24.1 Å². The van der Waals surface area contributed by atoms with Gasteiger partial charge in [-0.1, -0.05) is 6.92 Å². The molecule has 2 amide bonds. The Balaban J connectivity index is 2.37. The third kappa shape index (κ3) is 4.48. The fourth-order valence-corrected chi connectivity index (χ4v) is 1.18. The number of aromatic nitrogens is 1. The quantitative estimate of drug-likeness (QED) is 0.851. The number of amides is 2. The number of rotatable bonds is 4. The maximum Gasteiger partial charge on any atom is 0.320 e. The molecule has 0 aliphatic heterocycles. The molecular weight excluding hydrogens is 229 g/mol. The van der Waals surface area contributed by atoms with Crippen molar-refractivity contribution in [2.24, 2.45) is 0 Å². The van der Waals surface area contributed by atoms with Crippen LogP contribution in [-0.2, 0) is 0 Å². The Labute approximate surface area is 98.0 Å². The van der Waals surface area contributed by atoms with Crippen molar-refractivity contribution in [2.45, 2.75) is 12.2 Å². The monoisotopic (exact) mass is 243 g/mol. The maximum absolute atomic E-state index is 12.5. The van der Waals surface area contributed by atoms with Gasteiger partial charge in [-0.05, 0) is 18.4 Å². The Morgan fingerprint density at radius 1 is 1.62 bits per heavy atom. The predicted octanol–water partition coefficient (Wildman–Crippen LogP) is 2.09. The van der Waals surface area contributed by atoms with Gasteiger partial charge >= 0.3 is 6.03 Å². The van der Waals surface area contributed by atoms with Crippen molar-refractivity contribution in [2.75, 3.05) is 18.1 Å². The molecule has 0 unspecified atom stereocenters. The molecular formula is C10H14FN3OS. The first-order valence-corrected chi connectivity index (χ1v) is 6.10. The molecule has 16 heavy (non-hydrogen) atoms. The van der Waals surface area contributed by atoms with E-state index in [4.69, 9.17) is 0 Å². The average Bonchev–Trinajstić information content (AvgIpc) is 2.29. The van der Waals surface area contributed by atoms with Gasteiger partial charge in [0.25, 0.3) is 0 Å². The minimum absolute atomic E-state index is 0.329. The first-order valence-electron chi connectivity index (χ1n) is 4.81. The van der Waals surface area contributed by atoms with Crippen LogP contribution in [0.15, 0.2) is 18.3 Å². The number of hydrogen-bond acceptors (Lipinski definition) is 3. The standard InChI is InChI=1S/C10H14FN3OS/c1-7(16-2)5-13-10(15)14-9-4-3-8(11)6-12-9/h3-4,6-7H,5H2,1-2H3,(H2,12,13,14,15)/t7-/m0/s1. The van der Waals surface area contributed by atoms with Crippen LogP contribution in [0.2, 0.25) is 0 Å². The highest BCUT2D eigenvalue weighted by Crippen LogP contribution is 2.04. The minimum atomic E-state index is -0.429. The summed E-state index contributed by atoms with van der Waals surface area (Å²) in [6, 6.07) is 2.32. The van der Waals surface area contributed by atoms with E-state index in [-0.39, 0.29) is 6.03 Å². The summed E-state index contributed by atoms with van der Waals surface area (Å²) in [4.78, 5) is 15.1. The summed E-state index contributed by atoms with van der Waals surface area (Å²) < 4.78 is 12.5. The minimum Gasteiger partial charge on any atom is -0.337 e. The number of carbonyl (C=O) groups excluding carboxylic acids is 1. The van der Waals surface area contributed by atoms with Crippen LogP contribution in [0.3, 0.4) is 0 Å². The number of anilines is 1. The number of hydrogen-bond donors (Lipinski definition) is 2. The lowest BCUT2D eigenvalue weighted by Gasteiger charge is -2.10. The molecule has 1 aromatic rings. The molecule has 0 aliphatic rings. The first kappa shape index (κ1) is 12.8. The van der Waals surface area contributed by atoms with Crippen LogP contribution >= 0.6 is 11.8 Å². The van der Waals surface area contributed by atoms with Gasteiger partial charge in [0.15, 0.2) is 0 Å². The molecule has 0 aliphatic carbocycles. The summed E-state index contributed by atoms with van der Waals surface area (Å²) in [6.07, 6.45) is 3.03. The number of halogens is 1. The Bertz CT molecular complexity index is 344. The summed E-state index contributed by atoms with van der Waals surface area (Å²) in [5, 5.41) is 5.56. The molecule has 0 radical (unpaired) electrons. The molecule has 1 aromatic heterocycles. The summed E-state index contributed by atoms with van der Waals surface area (Å²) in [6.45, 7) is 2.59. The third-order valence-corrected chi connectivity index (χ3v) is 2.89. The van der Waals surface area contributed by atoms with Crippen molar-refractivity contribution in [1.29, 1.82) is 0 Å². The maximum atomic E-state index is 12.5. The lowest BCUT2D eigenvalue weighted by atomic mass is 10.4. The Morgan fingerprint density at radius 2 is 2.38 bits per heavy atom. The van der Waals surface area contributed by atoms with Crippen molar-refractivity contribution in [3.8, 4) is 0 Å². The van der Waals surface area contributed by atoms with Gasteiger partial charge in [-0.25, -0.2) is 14.2 Å². The second-order valence-electron chi connectivity index (χ2n) is 3.24. The number of nitrogens with one attached hydrogen (secondary N) is 2. The largest absolute Gasteiger partial charge is 0.337 e. The SMILES string of the molecule is CS[C@@H](C)CNC(=O)Nc1ccc(F)cn1. The Kier molecular flexibility index (Phi) is 5.04. The molecule has 6 heteroatoms. The van der Waals surface area contributed by atoms with E-state index in [9.17, 15) is 9.18 Å². The third-order valence-electron chi connectivity index (χ3n) is 1.92. The molecule has 0 saturated carbocycles. The molecule has 2 N–H and O–H groups in total. The van der Waals surface area contributed by atoms with E-state index < -0.39 is 5.82 Å². The van der Waals surface area contributed by atoms with Gasteiger partial charge in [0, 0.05) is 11.8 Å². The lowest BCUT2D eigenvalue weighted by molar-refractivity contribution is 0.252. The zero-order valence-electron chi connectivity index (χ0n) is 9.16. The predicted molar refractivity (Wildman–Crippen MR) is 64.2 cm³/mol. The normalized spacial score (nSPS) is 11.9. The van der Waals surface area contributed by atoms with Gasteiger partial charge in [0.05, 0.1) is 6.20 Å². The molecule has 1 heterocycles. The average molecular weight is 243 g/mol. The second-order valence-corrected chi connectivity index (χ2v) is 4.52. The van der Waals surface area contributed by atoms with E-state index in [0.29, 0.717) is 17.6 Å². The van der Waals surface area contributed by atoms with Gasteiger partial charge in [-0.15, -0.1) is 0 Å². The smallest absolute Gasteiger partial charge is 0.320 e. The van der Waals surface area contributed by atoms with Gasteiger partial charge in [-0.3, -0.25) is 5.32 Å². The van der Waals surface area contributed by atoms with Crippen LogP contribution in [-0.4, -0.2) is 29.1 Å². The molecule has 1 rings (SSSR count). The van der Waals surface area contributed by atoms with Crippen molar-refractivity contribution < 1.29 is 9.18 Å². The summed E-state index contributed by atoms with van der Waals surface area (Å²) in [5.74, 6) is -0.0994. The zero-order valence-corrected chi connectivity index (χ0v) is 9.97. The summed E-state index contributed by atoms with van der Waals surface area (Å²) in [7, 11) is 0. The van der Waals surface area contributed by atoms with Crippen LogP contribution in [0.5, 0.6) is 0 Å². The molecule has 0 aromatic carbocycles. The first-order chi connectivity index (χ1) is 7.61. The molecule has 4 nitrogen and oxygen atoms in total. The molecule has 88 valence electrons. The van der Waals surface area contributed by atoms with Gasteiger partial charge < -0.3 is 5.32 Å². The highest BCUT2D eigenvalue weighted by atomic mass is 32.2. The number of thioether (sulfide) groups is 1. The van der Waals surface area contributed by atoms with E-state index in [0.717, 1.165) is 6.20 Å². The topological polar surface area (TPSA) is 54.0 Å². The van der Waals surface area contributed by atoms with Crippen LogP contribution < -0.4 is 10.6 Å². The highest BCUT2D eigenvalue weighted by molar-refractivity contribution is 7.99. The Hall–Kier alpha value is -1.30. The summed E-state index contributed by atoms with van der Waals surface area (Å²) >= 11 is 1.67. The molecule has 0 bridgehead atoms. The lowest BCUT2D eigenvalue weighted by Crippen LogP contribution is -2.33. The van der Waals surface area contributed by atoms with Crippen LogP contribution in [0.1, 0.15) is 6.92 Å². The fraction of sp³-hybridized carbons (Fsp3) is 0.400. The number of nitrogens with zero attached hydrogens (tertiary/aromatic N) is 1. The van der Waals surface area contributed by atoms with Gasteiger partial charge in [0.1, 0.15) is 11.6 Å². The summed E-state index contributed by atoms with van der Waals surface area (Å²) in [5.41, 5.74) is 0. The zero-order chi connectivity index (χ0) is 12.0. The van der Waals surface area contributed by atoms with E-state index >= 15 is 0 Å². The van der Waals surface area contributed by atoms with Gasteiger partial charge in [-0.2, -0.15) is 11.8 Å². The number of urea groups is 1. The van der Waals surface area contributed by atoms with Crippen molar-refractivity contribution >= 4 is 23.6 Å². The Morgan fingerprint density at radius 3 is 2.94 bits per heavy atom. The molecule has 0 fully saturated rings. The number of carbonyl (C=O) groups is 1. The van der Waals surface area contributed by atoms with E-state index in [2.05, 4.69) is 15.6 Å². The van der Waals surface area contributed by atoms with Crippen molar-refractivity contribution in [3.63, 3.8) is 0 Å². The molecule has 1 atom stereocenters. The molecule has 0 saturated heterocycles. The van der Waals surface area contributed by atoms with Crippen LogP contribution in [0.25, 0.3) is 0 Å². The molecule has 0 spiro atoms. The highest BCUT2D eigenvalue weighted by Gasteiger charge is 2.04. The van der Waals surface area contributed by atoms with E-state index in [1.165, 1.54) is 12.1 Å². The van der Waals surface area contributed by atoms with E-state index in [1.807, 2.05) is 13.2 Å². The fourth-order valence-electron chi connectivity index (χ4n) is 0.930. The van der Waals surface area contributed by atoms with E-state index in [1.54, 1.807) is 11.8 Å². The van der Waals surface area contributed by atoms with Crippen LogP contribution in [0.4, 0.5) is 15.0 Å².